The highest BCUT2D eigenvalue weighted by atomic mass is 16.1. The Hall–Kier alpha value is -1.84. The van der Waals surface area contributed by atoms with Crippen LogP contribution in [-0.2, 0) is 4.79 Å². The van der Waals surface area contributed by atoms with E-state index in [9.17, 15) is 4.79 Å². The van der Waals surface area contributed by atoms with E-state index in [0.717, 1.165) is 19.3 Å². The highest BCUT2D eigenvalue weighted by Gasteiger charge is 2.18. The first-order valence-corrected chi connectivity index (χ1v) is 5.43. The van der Waals surface area contributed by atoms with E-state index in [1.807, 2.05) is 0 Å². The number of anilines is 2. The lowest BCUT2D eigenvalue weighted by molar-refractivity contribution is -0.120. The topological polar surface area (TPSA) is 68.0 Å². The van der Waals surface area contributed by atoms with Gasteiger partial charge in [-0.25, -0.2) is 4.98 Å². The van der Waals surface area contributed by atoms with Gasteiger partial charge < -0.3 is 11.1 Å². The van der Waals surface area contributed by atoms with Gasteiger partial charge in [0.1, 0.15) is 5.82 Å². The Kier molecular flexibility index (Phi) is 3.19. The largest absolute Gasteiger partial charge is 0.384 e. The van der Waals surface area contributed by atoms with Gasteiger partial charge >= 0.3 is 0 Å². The number of amides is 1. The molecule has 1 heterocycles. The maximum absolute atomic E-state index is 11.8. The zero-order valence-electron chi connectivity index (χ0n) is 9.02. The van der Waals surface area contributed by atoms with Crippen molar-refractivity contribution in [1.29, 1.82) is 0 Å². The van der Waals surface area contributed by atoms with Crippen LogP contribution in [0, 0.1) is 5.92 Å². The third-order valence-corrected chi connectivity index (χ3v) is 2.69. The molecule has 4 nitrogen and oxygen atoms in total. The van der Waals surface area contributed by atoms with E-state index in [1.165, 1.54) is 0 Å². The van der Waals surface area contributed by atoms with Crippen LogP contribution in [0.4, 0.5) is 11.5 Å². The summed E-state index contributed by atoms with van der Waals surface area (Å²) in [6, 6.07) is 3.44. The Morgan fingerprint density at radius 1 is 1.44 bits per heavy atom. The summed E-state index contributed by atoms with van der Waals surface area (Å²) >= 11 is 0. The van der Waals surface area contributed by atoms with E-state index in [-0.39, 0.29) is 11.8 Å². The summed E-state index contributed by atoms with van der Waals surface area (Å²) in [6.07, 6.45) is 8.49. The number of carbonyl (C=O) groups is 1. The van der Waals surface area contributed by atoms with E-state index in [2.05, 4.69) is 22.5 Å². The van der Waals surface area contributed by atoms with Crippen molar-refractivity contribution >= 4 is 17.4 Å². The Morgan fingerprint density at radius 3 is 2.94 bits per heavy atom. The molecule has 0 saturated carbocycles. The van der Waals surface area contributed by atoms with Crippen LogP contribution in [0.1, 0.15) is 19.3 Å². The van der Waals surface area contributed by atoms with Gasteiger partial charge in [-0.15, -0.1) is 0 Å². The minimum Gasteiger partial charge on any atom is -0.384 e. The van der Waals surface area contributed by atoms with E-state index < -0.39 is 0 Å². The predicted molar refractivity (Wildman–Crippen MR) is 63.8 cm³/mol. The van der Waals surface area contributed by atoms with E-state index >= 15 is 0 Å². The number of pyridine rings is 1. The second-order valence-corrected chi connectivity index (χ2v) is 3.94. The normalized spacial score (nSPS) is 19.4. The molecule has 1 aromatic heterocycles. The standard InChI is InChI=1S/C12H15N3O/c13-11-7-6-10(8-14-11)15-12(16)9-4-2-1-3-5-9/h1-2,6-9H,3-5H2,(H2,13,14)(H,15,16). The van der Waals surface area contributed by atoms with Gasteiger partial charge in [0.2, 0.25) is 5.91 Å². The maximum Gasteiger partial charge on any atom is 0.227 e. The molecule has 0 spiro atoms. The van der Waals surface area contributed by atoms with Crippen LogP contribution in [-0.4, -0.2) is 10.9 Å². The summed E-state index contributed by atoms with van der Waals surface area (Å²) in [7, 11) is 0. The molecule has 2 rings (SSSR count). The number of hydrogen-bond donors (Lipinski definition) is 2. The summed E-state index contributed by atoms with van der Waals surface area (Å²) in [6.45, 7) is 0. The minimum atomic E-state index is 0.0657. The molecule has 0 saturated heterocycles. The van der Waals surface area contributed by atoms with E-state index in [0.29, 0.717) is 11.5 Å². The van der Waals surface area contributed by atoms with Crippen LogP contribution in [0.15, 0.2) is 30.5 Å². The Labute approximate surface area is 94.6 Å². The summed E-state index contributed by atoms with van der Waals surface area (Å²) in [5.41, 5.74) is 6.17. The van der Waals surface area contributed by atoms with Crippen molar-refractivity contribution in [3.05, 3.63) is 30.5 Å². The van der Waals surface area contributed by atoms with Crippen LogP contribution in [0.5, 0.6) is 0 Å². The molecule has 0 aromatic carbocycles. The van der Waals surface area contributed by atoms with Gasteiger partial charge in [0.25, 0.3) is 0 Å². The number of nitrogens with zero attached hydrogens (tertiary/aromatic N) is 1. The number of nitrogen functional groups attached to an aromatic ring is 1. The van der Waals surface area contributed by atoms with Gasteiger partial charge in [-0.3, -0.25) is 4.79 Å². The monoisotopic (exact) mass is 217 g/mol. The zero-order valence-corrected chi connectivity index (χ0v) is 9.02. The van der Waals surface area contributed by atoms with Gasteiger partial charge in [-0.1, -0.05) is 12.2 Å². The highest BCUT2D eigenvalue weighted by Crippen LogP contribution is 2.20. The van der Waals surface area contributed by atoms with Crippen LogP contribution in [0.3, 0.4) is 0 Å². The van der Waals surface area contributed by atoms with Crippen molar-refractivity contribution in [2.75, 3.05) is 11.1 Å². The molecule has 3 N–H and O–H groups in total. The Morgan fingerprint density at radius 2 is 2.31 bits per heavy atom. The molecule has 84 valence electrons. The van der Waals surface area contributed by atoms with Gasteiger partial charge in [0.05, 0.1) is 11.9 Å². The molecule has 1 aromatic rings. The molecule has 4 heteroatoms. The number of carbonyl (C=O) groups excluding carboxylic acids is 1. The SMILES string of the molecule is Nc1ccc(NC(=O)C2CC=CCC2)cn1. The fourth-order valence-corrected chi connectivity index (χ4v) is 1.76. The Bertz CT molecular complexity index is 397. The van der Waals surface area contributed by atoms with Crippen molar-refractivity contribution in [2.24, 2.45) is 5.92 Å². The zero-order chi connectivity index (χ0) is 11.4. The van der Waals surface area contributed by atoms with Crippen molar-refractivity contribution < 1.29 is 4.79 Å². The molecule has 1 aliphatic rings. The first-order chi connectivity index (χ1) is 7.75. The minimum absolute atomic E-state index is 0.0657. The average Bonchev–Trinajstić information content (AvgIpc) is 2.33. The molecule has 0 aliphatic heterocycles. The number of allylic oxidation sites excluding steroid dienone is 2. The first-order valence-electron chi connectivity index (χ1n) is 5.43. The van der Waals surface area contributed by atoms with E-state index in [1.54, 1.807) is 18.3 Å². The third-order valence-electron chi connectivity index (χ3n) is 2.69. The highest BCUT2D eigenvalue weighted by molar-refractivity contribution is 5.92. The van der Waals surface area contributed by atoms with Crippen molar-refractivity contribution in [1.82, 2.24) is 4.98 Å². The predicted octanol–water partition coefficient (Wildman–Crippen LogP) is 1.96. The number of rotatable bonds is 2. The van der Waals surface area contributed by atoms with Crippen LogP contribution in [0.25, 0.3) is 0 Å². The van der Waals surface area contributed by atoms with Crippen LogP contribution >= 0.6 is 0 Å². The maximum atomic E-state index is 11.8. The molecule has 1 unspecified atom stereocenters. The molecule has 0 radical (unpaired) electrons. The van der Waals surface area contributed by atoms with Crippen molar-refractivity contribution in [3.8, 4) is 0 Å². The number of nitrogens with one attached hydrogen (secondary N) is 1. The lowest BCUT2D eigenvalue weighted by atomic mass is 9.93. The second kappa shape index (κ2) is 4.79. The molecule has 0 bridgehead atoms. The smallest absolute Gasteiger partial charge is 0.227 e. The third kappa shape index (κ3) is 2.59. The summed E-state index contributed by atoms with van der Waals surface area (Å²) in [5, 5.41) is 2.85. The summed E-state index contributed by atoms with van der Waals surface area (Å²) < 4.78 is 0. The molecule has 0 fully saturated rings. The summed E-state index contributed by atoms with van der Waals surface area (Å²) in [4.78, 5) is 15.8. The summed E-state index contributed by atoms with van der Waals surface area (Å²) in [5.74, 6) is 0.608. The van der Waals surface area contributed by atoms with Crippen LogP contribution < -0.4 is 11.1 Å². The molecular formula is C12H15N3O. The Balaban J connectivity index is 1.96. The van der Waals surface area contributed by atoms with Gasteiger partial charge in [-0.05, 0) is 31.4 Å². The fourth-order valence-electron chi connectivity index (χ4n) is 1.76. The molecule has 1 amide bonds. The quantitative estimate of drug-likeness (QED) is 0.744. The van der Waals surface area contributed by atoms with Gasteiger partial charge in [0.15, 0.2) is 0 Å². The second-order valence-electron chi connectivity index (χ2n) is 3.94. The lowest BCUT2D eigenvalue weighted by Crippen LogP contribution is -2.23. The van der Waals surface area contributed by atoms with Gasteiger partial charge in [-0.2, -0.15) is 0 Å². The van der Waals surface area contributed by atoms with Crippen LogP contribution in [0.2, 0.25) is 0 Å². The first kappa shape index (κ1) is 10.7. The van der Waals surface area contributed by atoms with Gasteiger partial charge in [0, 0.05) is 5.92 Å². The lowest BCUT2D eigenvalue weighted by Gasteiger charge is -2.17. The van der Waals surface area contributed by atoms with Crippen molar-refractivity contribution in [2.45, 2.75) is 19.3 Å². The molecule has 1 aliphatic carbocycles. The van der Waals surface area contributed by atoms with E-state index in [4.69, 9.17) is 5.73 Å². The van der Waals surface area contributed by atoms with Crippen molar-refractivity contribution in [3.63, 3.8) is 0 Å². The number of aromatic nitrogens is 1. The molecular weight excluding hydrogens is 202 g/mol. The molecule has 16 heavy (non-hydrogen) atoms. The fraction of sp³-hybridized carbons (Fsp3) is 0.333. The molecule has 1 atom stereocenters. The average molecular weight is 217 g/mol. The number of nitrogens with two attached hydrogens (primary N) is 1. The number of hydrogen-bond acceptors (Lipinski definition) is 3.